The van der Waals surface area contributed by atoms with E-state index < -0.39 is 0 Å². The van der Waals surface area contributed by atoms with Gasteiger partial charge in [0.15, 0.2) is 0 Å². The lowest BCUT2D eigenvalue weighted by Crippen LogP contribution is -2.29. The van der Waals surface area contributed by atoms with Crippen LogP contribution in [0.3, 0.4) is 0 Å². The second-order valence-corrected chi connectivity index (χ2v) is 17.6. The fourth-order valence-electron chi connectivity index (χ4n) is 6.89. The largest absolute Gasteiger partial charge is 0.381 e. The summed E-state index contributed by atoms with van der Waals surface area (Å²) in [6.07, 6.45) is 37.7. The molecule has 2 aliphatic carbocycles. The van der Waals surface area contributed by atoms with E-state index in [0.29, 0.717) is 0 Å². The molecule has 10 heterocycles. The van der Waals surface area contributed by atoms with Crippen LogP contribution in [0.15, 0.2) is 0 Å². The van der Waals surface area contributed by atoms with Gasteiger partial charge < -0.3 is 53.8 Å². The standard InChI is InChI=1S/C6H12.C5H11N.2C5H10O.C5H10.C4H9NO.C4H9N.C4H8O2.C4H8O.C3H7NO.C3H7N.C3H6O/c4*1-2-4-6-5-3-1;1-2-4-5-3-1;1-2-5-4-6-3-1;1-2-4-5-3-1;1-2-6-4-3-5-1;1-2-4-5-3-1;1-2-5-3-4-1;2*1-2-4-3-1/h1-6H2;6H,1-5H2;2*1-5H2;1-5H2;5H,1-4H2;5H,1-4H2;1-4H2;1-4H2;4H,1-3H2;4H,1-3H2;1-3H2. The molecule has 0 radical (unpaired) electrons. The van der Waals surface area contributed by atoms with Crippen LogP contribution in [0.4, 0.5) is 0 Å². The lowest BCUT2D eigenvalue weighted by atomic mass is 10.0. The maximum absolute atomic E-state index is 5.07. The monoisotopic (exact) mass is 918 g/mol. The molecule has 0 bridgehead atoms. The lowest BCUT2D eigenvalue weighted by molar-refractivity contribution is -0.0334. The summed E-state index contributed by atoms with van der Waals surface area (Å²) in [6.45, 7) is 24.1. The van der Waals surface area contributed by atoms with E-state index in [-0.39, 0.29) is 0 Å². The Labute approximate surface area is 395 Å². The fourth-order valence-corrected chi connectivity index (χ4v) is 6.89. The van der Waals surface area contributed by atoms with E-state index >= 15 is 0 Å². The molecule has 12 aliphatic rings. The highest BCUT2D eigenvalue weighted by atomic mass is 16.6. The van der Waals surface area contributed by atoms with Crippen molar-refractivity contribution in [1.82, 2.24) is 26.6 Å². The van der Waals surface area contributed by atoms with E-state index in [1.54, 1.807) is 0 Å². The number of hydrogen-bond donors (Lipinski definition) is 5. The Hall–Kier alpha value is -0.520. The highest BCUT2D eigenvalue weighted by molar-refractivity contribution is 4.57. The van der Waals surface area contributed by atoms with E-state index in [1.807, 2.05) is 0 Å². The van der Waals surface area contributed by atoms with Gasteiger partial charge in [-0.25, -0.2) is 0 Å². The number of rotatable bonds is 0. The van der Waals surface area contributed by atoms with Gasteiger partial charge in [-0.2, -0.15) is 0 Å². The van der Waals surface area contributed by atoms with E-state index in [4.69, 9.17) is 37.9 Å². The van der Waals surface area contributed by atoms with Crippen molar-refractivity contribution in [2.45, 2.75) is 173 Å². The molecular weight excluding hydrogens is 811 g/mol. The molecule has 2 saturated carbocycles. The Morgan fingerprint density at radius 3 is 0.500 bits per heavy atom. The smallest absolute Gasteiger partial charge is 0.0966 e. The van der Waals surface area contributed by atoms with Crippen molar-refractivity contribution in [3.05, 3.63) is 0 Å². The van der Waals surface area contributed by atoms with Crippen LogP contribution >= 0.6 is 0 Å². The molecule has 384 valence electrons. The summed E-state index contributed by atoms with van der Waals surface area (Å²) in [5.41, 5.74) is 0. The van der Waals surface area contributed by atoms with Crippen LogP contribution in [0.25, 0.3) is 0 Å². The van der Waals surface area contributed by atoms with Gasteiger partial charge in [0.2, 0.25) is 0 Å². The van der Waals surface area contributed by atoms with Crippen LogP contribution in [-0.2, 0) is 37.9 Å². The minimum Gasteiger partial charge on any atom is -0.381 e. The van der Waals surface area contributed by atoms with Crippen LogP contribution in [0.5, 0.6) is 0 Å². The summed E-state index contributed by atoms with van der Waals surface area (Å²) in [7, 11) is 0. The van der Waals surface area contributed by atoms with Crippen molar-refractivity contribution in [2.24, 2.45) is 0 Å². The topological polar surface area (TPSA) is 134 Å². The van der Waals surface area contributed by atoms with Crippen LogP contribution in [0.1, 0.15) is 173 Å². The summed E-state index contributed by atoms with van der Waals surface area (Å²) in [5, 5.41) is 15.7. The first-order valence-electron chi connectivity index (χ1n) is 27.2. The molecule has 0 aromatic carbocycles. The van der Waals surface area contributed by atoms with Gasteiger partial charge in [-0.15, -0.1) is 0 Å². The minimum atomic E-state index is 0.750. The second-order valence-electron chi connectivity index (χ2n) is 17.6. The molecule has 13 nitrogen and oxygen atoms in total. The van der Waals surface area contributed by atoms with Crippen LogP contribution < -0.4 is 26.6 Å². The summed E-state index contributed by atoms with van der Waals surface area (Å²) in [5.74, 6) is 0. The second kappa shape index (κ2) is 58.6. The molecule has 13 heteroatoms. The molecule has 12 fully saturated rings. The average Bonchev–Trinajstić information content (AvgIpc) is 4.23. The fraction of sp³-hybridized carbons (Fsp3) is 1.00. The summed E-state index contributed by atoms with van der Waals surface area (Å²) in [4.78, 5) is 0. The summed E-state index contributed by atoms with van der Waals surface area (Å²) >= 11 is 0. The van der Waals surface area contributed by atoms with Crippen molar-refractivity contribution in [3.8, 4) is 0 Å². The molecule has 0 atom stereocenters. The predicted octanol–water partition coefficient (Wildman–Crippen LogP) is 8.53. The van der Waals surface area contributed by atoms with Crippen molar-refractivity contribution in [2.75, 3.05) is 158 Å². The normalized spacial score (nSPS) is 24.0. The highest BCUT2D eigenvalue weighted by Gasteiger charge is 2.00. The van der Waals surface area contributed by atoms with Gasteiger partial charge in [0, 0.05) is 66.0 Å². The van der Waals surface area contributed by atoms with Gasteiger partial charge in [-0.05, 0) is 142 Å². The van der Waals surface area contributed by atoms with E-state index in [2.05, 4.69) is 26.6 Å². The molecule has 0 aromatic rings. The first kappa shape index (κ1) is 61.5. The Morgan fingerprint density at radius 1 is 0.141 bits per heavy atom. The predicted molar refractivity (Wildman–Crippen MR) is 266 cm³/mol. The molecule has 10 aliphatic heterocycles. The summed E-state index contributed by atoms with van der Waals surface area (Å²) in [6, 6.07) is 0. The van der Waals surface area contributed by atoms with Gasteiger partial charge >= 0.3 is 0 Å². The third-order valence-corrected chi connectivity index (χ3v) is 11.4. The lowest BCUT2D eigenvalue weighted by Gasteiger charge is -2.10. The maximum Gasteiger partial charge on any atom is 0.0966 e. The summed E-state index contributed by atoms with van der Waals surface area (Å²) < 4.78 is 39.5. The Kier molecular flexibility index (Phi) is 56.3. The van der Waals surface area contributed by atoms with Gasteiger partial charge in [0.1, 0.15) is 0 Å². The molecule has 5 N–H and O–H groups in total. The van der Waals surface area contributed by atoms with E-state index in [0.717, 1.165) is 119 Å². The number of piperidine rings is 1. The first-order valence-corrected chi connectivity index (χ1v) is 27.2. The van der Waals surface area contributed by atoms with Crippen LogP contribution in [0, 0.1) is 0 Å². The van der Waals surface area contributed by atoms with E-state index in [9.17, 15) is 0 Å². The van der Waals surface area contributed by atoms with Crippen molar-refractivity contribution in [3.63, 3.8) is 0 Å². The van der Waals surface area contributed by atoms with Crippen molar-refractivity contribution < 1.29 is 37.9 Å². The number of hydrogen-bond acceptors (Lipinski definition) is 13. The van der Waals surface area contributed by atoms with Gasteiger partial charge in [0.25, 0.3) is 0 Å². The Balaban J connectivity index is 0.000000350. The van der Waals surface area contributed by atoms with Crippen LogP contribution in [0.2, 0.25) is 0 Å². The van der Waals surface area contributed by atoms with E-state index in [1.165, 1.54) is 213 Å². The third-order valence-electron chi connectivity index (χ3n) is 11.4. The zero-order valence-electron chi connectivity index (χ0n) is 41.8. The number of nitrogens with one attached hydrogen (secondary N) is 5. The Bertz CT molecular complexity index is 531. The zero-order chi connectivity index (χ0) is 45.3. The molecule has 12 rings (SSSR count). The molecule has 0 aromatic heterocycles. The SMILES string of the molecule is C1CCCC1.C1CCCCC1.C1CCNC1.C1CCNCC1.C1CCOC1.C1CCOCC1.C1CCOCC1.C1CNC1.C1CNCOC1.C1COC1.C1COCCO1.C1COCN1. The first-order chi connectivity index (χ1) is 32.0. The van der Waals surface area contributed by atoms with Crippen molar-refractivity contribution in [1.29, 1.82) is 0 Å². The van der Waals surface area contributed by atoms with Gasteiger partial charge in [-0.1, -0.05) is 77.0 Å². The molecule has 0 spiro atoms. The van der Waals surface area contributed by atoms with Gasteiger partial charge in [-0.3, -0.25) is 10.6 Å². The number of ether oxygens (including phenoxy) is 8. The quantitative estimate of drug-likeness (QED) is 0.159. The highest BCUT2D eigenvalue weighted by Crippen LogP contribution is 2.16. The molecule has 64 heavy (non-hydrogen) atoms. The zero-order valence-corrected chi connectivity index (χ0v) is 41.8. The molecule has 10 saturated heterocycles. The maximum atomic E-state index is 5.07. The molecule has 0 unspecified atom stereocenters. The molecular formula is C51H107N5O8. The van der Waals surface area contributed by atoms with Gasteiger partial charge in [0.05, 0.1) is 46.5 Å². The minimum absolute atomic E-state index is 0.750. The van der Waals surface area contributed by atoms with Crippen LogP contribution in [-0.4, -0.2) is 158 Å². The average molecular weight is 918 g/mol. The van der Waals surface area contributed by atoms with Crippen molar-refractivity contribution >= 4 is 0 Å². The Morgan fingerprint density at radius 2 is 0.375 bits per heavy atom. The molecule has 0 amide bonds. The third kappa shape index (κ3) is 55.8.